The number of benzene rings is 1. The third-order valence-corrected chi connectivity index (χ3v) is 2.42. The van der Waals surface area contributed by atoms with Gasteiger partial charge in [-0.1, -0.05) is 6.07 Å². The van der Waals surface area contributed by atoms with Crippen molar-refractivity contribution in [1.29, 1.82) is 0 Å². The molecule has 0 saturated carbocycles. The highest BCUT2D eigenvalue weighted by Gasteiger charge is 2.16. The van der Waals surface area contributed by atoms with Gasteiger partial charge in [0, 0.05) is 17.8 Å². The largest absolute Gasteiger partial charge is 0.480 e. The molecular weight excluding hydrogens is 248 g/mol. The first kappa shape index (κ1) is 12.7. The average molecular weight is 258 g/mol. The molecule has 0 radical (unpaired) electrons. The standard InChI is InChI=1S/C13H10N2O4/c16-8-10-4-5-13(12(7-10)15(17)18)19-9-11-3-1-2-6-14-11/h1-8H,9H2. The van der Waals surface area contributed by atoms with Gasteiger partial charge in [0.15, 0.2) is 5.75 Å². The Morgan fingerprint density at radius 3 is 2.79 bits per heavy atom. The third-order valence-electron chi connectivity index (χ3n) is 2.42. The van der Waals surface area contributed by atoms with Crippen molar-refractivity contribution >= 4 is 12.0 Å². The number of nitro groups is 1. The van der Waals surface area contributed by atoms with Crippen LogP contribution in [0.5, 0.6) is 5.75 Å². The molecule has 0 saturated heterocycles. The Kier molecular flexibility index (Phi) is 3.82. The van der Waals surface area contributed by atoms with Crippen molar-refractivity contribution in [1.82, 2.24) is 4.98 Å². The molecule has 0 amide bonds. The summed E-state index contributed by atoms with van der Waals surface area (Å²) in [7, 11) is 0. The number of nitrogens with zero attached hydrogens (tertiary/aromatic N) is 2. The van der Waals surface area contributed by atoms with E-state index in [9.17, 15) is 14.9 Å². The van der Waals surface area contributed by atoms with Crippen LogP contribution in [-0.2, 0) is 6.61 Å². The highest BCUT2D eigenvalue weighted by atomic mass is 16.6. The van der Waals surface area contributed by atoms with Gasteiger partial charge in [0.1, 0.15) is 12.9 Å². The lowest BCUT2D eigenvalue weighted by Gasteiger charge is -2.06. The predicted octanol–water partition coefficient (Wildman–Crippen LogP) is 2.38. The summed E-state index contributed by atoms with van der Waals surface area (Å²) in [5.74, 6) is 0.112. The summed E-state index contributed by atoms with van der Waals surface area (Å²) < 4.78 is 5.36. The zero-order valence-corrected chi connectivity index (χ0v) is 9.85. The van der Waals surface area contributed by atoms with Crippen molar-refractivity contribution in [3.05, 3.63) is 64.0 Å². The fourth-order valence-electron chi connectivity index (χ4n) is 1.51. The minimum atomic E-state index is -0.583. The number of pyridine rings is 1. The van der Waals surface area contributed by atoms with Crippen LogP contribution < -0.4 is 4.74 Å². The summed E-state index contributed by atoms with van der Waals surface area (Å²) in [5, 5.41) is 10.9. The lowest BCUT2D eigenvalue weighted by atomic mass is 10.2. The van der Waals surface area contributed by atoms with E-state index in [1.165, 1.54) is 18.2 Å². The molecule has 0 aliphatic heterocycles. The van der Waals surface area contributed by atoms with Gasteiger partial charge in [-0.15, -0.1) is 0 Å². The normalized spacial score (nSPS) is 9.89. The lowest BCUT2D eigenvalue weighted by Crippen LogP contribution is -2.01. The minimum Gasteiger partial charge on any atom is -0.480 e. The predicted molar refractivity (Wildman–Crippen MR) is 67.1 cm³/mol. The maximum atomic E-state index is 10.9. The first-order valence-corrected chi connectivity index (χ1v) is 5.47. The van der Waals surface area contributed by atoms with Gasteiger partial charge in [-0.3, -0.25) is 19.9 Å². The van der Waals surface area contributed by atoms with E-state index in [4.69, 9.17) is 4.74 Å². The molecule has 6 nitrogen and oxygen atoms in total. The Balaban J connectivity index is 2.20. The molecule has 1 aromatic carbocycles. The van der Waals surface area contributed by atoms with E-state index in [2.05, 4.69) is 4.98 Å². The van der Waals surface area contributed by atoms with Gasteiger partial charge in [-0.2, -0.15) is 0 Å². The van der Waals surface area contributed by atoms with Gasteiger partial charge >= 0.3 is 5.69 Å². The van der Waals surface area contributed by atoms with Crippen molar-refractivity contribution < 1.29 is 14.5 Å². The van der Waals surface area contributed by atoms with Gasteiger partial charge in [-0.25, -0.2) is 0 Å². The van der Waals surface area contributed by atoms with Crippen LogP contribution in [-0.4, -0.2) is 16.2 Å². The Hall–Kier alpha value is -2.76. The molecule has 1 heterocycles. The topological polar surface area (TPSA) is 82.3 Å². The molecule has 0 N–H and O–H groups in total. The molecule has 0 aliphatic carbocycles. The molecular formula is C13H10N2O4. The van der Waals surface area contributed by atoms with E-state index < -0.39 is 4.92 Å². The highest BCUT2D eigenvalue weighted by Crippen LogP contribution is 2.28. The summed E-state index contributed by atoms with van der Waals surface area (Å²) in [6.45, 7) is 0.127. The fraction of sp³-hybridized carbons (Fsp3) is 0.0769. The van der Waals surface area contributed by atoms with Gasteiger partial charge < -0.3 is 4.74 Å². The molecule has 0 aliphatic rings. The molecule has 6 heteroatoms. The van der Waals surface area contributed by atoms with E-state index in [0.29, 0.717) is 12.0 Å². The molecule has 0 bridgehead atoms. The van der Waals surface area contributed by atoms with Crippen molar-refractivity contribution in [3.63, 3.8) is 0 Å². The number of carbonyl (C=O) groups is 1. The number of aldehydes is 1. The first-order valence-electron chi connectivity index (χ1n) is 5.47. The van der Waals surface area contributed by atoms with Crippen molar-refractivity contribution in [2.45, 2.75) is 6.61 Å². The Bertz CT molecular complexity index is 599. The fourth-order valence-corrected chi connectivity index (χ4v) is 1.51. The van der Waals surface area contributed by atoms with Crippen LogP contribution in [0.15, 0.2) is 42.6 Å². The number of aromatic nitrogens is 1. The summed E-state index contributed by atoms with van der Waals surface area (Å²) in [6, 6.07) is 9.38. The molecule has 1 aromatic heterocycles. The van der Waals surface area contributed by atoms with E-state index in [1.54, 1.807) is 24.4 Å². The molecule has 2 aromatic rings. The molecule has 0 unspecified atom stereocenters. The quantitative estimate of drug-likeness (QED) is 0.467. The Labute approximate surface area is 108 Å². The zero-order valence-electron chi connectivity index (χ0n) is 9.85. The van der Waals surface area contributed by atoms with Gasteiger partial charge in [-0.05, 0) is 24.3 Å². The highest BCUT2D eigenvalue weighted by molar-refractivity contribution is 5.77. The Morgan fingerprint density at radius 2 is 2.16 bits per heavy atom. The smallest absolute Gasteiger partial charge is 0.311 e. The van der Waals surface area contributed by atoms with Crippen LogP contribution in [0.1, 0.15) is 16.1 Å². The number of ether oxygens (including phenoxy) is 1. The van der Waals surface area contributed by atoms with Crippen molar-refractivity contribution in [3.8, 4) is 5.75 Å². The maximum Gasteiger partial charge on any atom is 0.311 e. The van der Waals surface area contributed by atoms with Gasteiger partial charge in [0.05, 0.1) is 10.6 Å². The average Bonchev–Trinajstić information content (AvgIpc) is 2.46. The van der Waals surface area contributed by atoms with E-state index in [-0.39, 0.29) is 23.6 Å². The number of carbonyl (C=O) groups excluding carboxylic acids is 1. The first-order chi connectivity index (χ1) is 9.20. The van der Waals surface area contributed by atoms with E-state index in [1.807, 2.05) is 0 Å². The van der Waals surface area contributed by atoms with Crippen LogP contribution in [0.2, 0.25) is 0 Å². The molecule has 0 spiro atoms. The number of hydrogen-bond donors (Lipinski definition) is 0. The van der Waals surface area contributed by atoms with Gasteiger partial charge in [0.25, 0.3) is 0 Å². The molecule has 19 heavy (non-hydrogen) atoms. The summed E-state index contributed by atoms with van der Waals surface area (Å²) >= 11 is 0. The number of nitro benzene ring substituents is 1. The molecule has 96 valence electrons. The zero-order chi connectivity index (χ0) is 13.7. The maximum absolute atomic E-state index is 10.9. The summed E-state index contributed by atoms with van der Waals surface area (Å²) in [4.78, 5) is 25.0. The van der Waals surface area contributed by atoms with E-state index in [0.717, 1.165) is 0 Å². The molecule has 0 atom stereocenters. The van der Waals surface area contributed by atoms with Crippen LogP contribution in [0.3, 0.4) is 0 Å². The lowest BCUT2D eigenvalue weighted by molar-refractivity contribution is -0.386. The minimum absolute atomic E-state index is 0.112. The number of hydrogen-bond acceptors (Lipinski definition) is 5. The molecule has 0 fully saturated rings. The summed E-state index contributed by atoms with van der Waals surface area (Å²) in [6.07, 6.45) is 2.16. The second kappa shape index (κ2) is 5.72. The SMILES string of the molecule is O=Cc1ccc(OCc2ccccn2)c([N+](=O)[O-])c1. The van der Waals surface area contributed by atoms with E-state index >= 15 is 0 Å². The van der Waals surface area contributed by atoms with Crippen LogP contribution in [0.4, 0.5) is 5.69 Å². The van der Waals surface area contributed by atoms with Crippen molar-refractivity contribution in [2.24, 2.45) is 0 Å². The van der Waals surface area contributed by atoms with Crippen LogP contribution >= 0.6 is 0 Å². The second-order valence-corrected chi connectivity index (χ2v) is 3.71. The third kappa shape index (κ3) is 3.12. The Morgan fingerprint density at radius 1 is 1.32 bits per heavy atom. The van der Waals surface area contributed by atoms with Gasteiger partial charge in [0.2, 0.25) is 0 Å². The second-order valence-electron chi connectivity index (χ2n) is 3.71. The van der Waals surface area contributed by atoms with Crippen LogP contribution in [0, 0.1) is 10.1 Å². The summed E-state index contributed by atoms with van der Waals surface area (Å²) in [5.41, 5.74) is 0.661. The monoisotopic (exact) mass is 258 g/mol. The van der Waals surface area contributed by atoms with Crippen LogP contribution in [0.25, 0.3) is 0 Å². The van der Waals surface area contributed by atoms with Crippen molar-refractivity contribution in [2.75, 3.05) is 0 Å². The molecule has 2 rings (SSSR count). The number of rotatable bonds is 5.